The summed E-state index contributed by atoms with van der Waals surface area (Å²) in [6.45, 7) is 7.22. The van der Waals surface area contributed by atoms with Crippen molar-refractivity contribution in [2.75, 3.05) is 9.80 Å². The van der Waals surface area contributed by atoms with Crippen LogP contribution in [0.5, 0.6) is 0 Å². The Labute approximate surface area is 412 Å². The molecule has 334 valence electrons. The topological polar surface area (TPSA) is 19.6 Å². The Morgan fingerprint density at radius 2 is 0.957 bits per heavy atom. The summed E-state index contributed by atoms with van der Waals surface area (Å²) in [5, 5.41) is 11.4. The lowest BCUT2D eigenvalue weighted by molar-refractivity contribution is 0.669. The number of hydrogen-bond acceptors (Lipinski definition) is 4. The predicted molar refractivity (Wildman–Crippen MR) is 305 cm³/mol. The number of furan rings is 1. The van der Waals surface area contributed by atoms with Crippen molar-refractivity contribution in [2.45, 2.75) is 19.6 Å². The molecule has 0 saturated carbocycles. The van der Waals surface area contributed by atoms with Crippen LogP contribution in [0.3, 0.4) is 0 Å². The minimum Gasteiger partial charge on any atom is -0.454 e. The third-order valence-corrected chi connectivity index (χ3v) is 17.3. The number of fused-ring (bicyclic) bond motifs is 11. The highest BCUT2D eigenvalue weighted by Gasteiger charge is 2.24. The highest BCUT2D eigenvalue weighted by atomic mass is 32.1. The van der Waals surface area contributed by atoms with Crippen LogP contribution in [0.4, 0.5) is 34.1 Å². The second-order valence-corrected chi connectivity index (χ2v) is 25.4. The van der Waals surface area contributed by atoms with Gasteiger partial charge in [-0.05, 0) is 106 Å². The normalized spacial score (nSPS) is 11.9. The Balaban J connectivity index is 0.928. The van der Waals surface area contributed by atoms with Gasteiger partial charge in [-0.2, -0.15) is 0 Å². The van der Waals surface area contributed by atoms with Crippen LogP contribution in [-0.2, 0) is 0 Å². The van der Waals surface area contributed by atoms with Crippen LogP contribution >= 0.6 is 11.3 Å². The smallest absolute Gasteiger partial charge is 0.159 e. The van der Waals surface area contributed by atoms with Gasteiger partial charge >= 0.3 is 0 Å². The molecule has 5 heteroatoms. The first-order valence-electron chi connectivity index (χ1n) is 24.1. The summed E-state index contributed by atoms with van der Waals surface area (Å²) in [5.41, 5.74) is 13.0. The molecule has 13 rings (SSSR count). The average Bonchev–Trinajstić information content (AvgIpc) is 3.99. The SMILES string of the molecule is C[Si](C)(C)c1ccc(N(c2ccccc2)c2ccc3c(c2)sc2c4ccc(-c5ccc(N(c6ccccc6-c6ccccc6)c6cccc7c6oc6ccccc67)cc5)cc4c4ccccc4c32)cc1. The number of nitrogens with zero attached hydrogens (tertiary/aromatic N) is 2. The molecule has 2 aromatic heterocycles. The molecular formula is C65H48N2OSSi. The largest absolute Gasteiger partial charge is 0.454 e. The molecule has 11 aromatic carbocycles. The third-order valence-electron chi connectivity index (χ3n) is 14.0. The van der Waals surface area contributed by atoms with Crippen molar-refractivity contribution in [1.82, 2.24) is 0 Å². The zero-order valence-corrected chi connectivity index (χ0v) is 41.0. The van der Waals surface area contributed by atoms with Crippen molar-refractivity contribution < 1.29 is 4.42 Å². The van der Waals surface area contributed by atoms with Gasteiger partial charge < -0.3 is 14.2 Å². The van der Waals surface area contributed by atoms with E-state index in [-0.39, 0.29) is 0 Å². The van der Waals surface area contributed by atoms with Crippen molar-refractivity contribution in [1.29, 1.82) is 0 Å². The predicted octanol–water partition coefficient (Wildman–Crippen LogP) is 19.1. The van der Waals surface area contributed by atoms with Gasteiger partial charge in [0.2, 0.25) is 0 Å². The van der Waals surface area contributed by atoms with Gasteiger partial charge in [0.15, 0.2) is 5.58 Å². The lowest BCUT2D eigenvalue weighted by Gasteiger charge is -2.28. The monoisotopic (exact) mass is 932 g/mol. The first kappa shape index (κ1) is 41.9. The van der Waals surface area contributed by atoms with Gasteiger partial charge in [-0.3, -0.25) is 0 Å². The molecule has 0 aliphatic carbocycles. The maximum atomic E-state index is 6.70. The fourth-order valence-electron chi connectivity index (χ4n) is 10.5. The Morgan fingerprint density at radius 1 is 0.371 bits per heavy atom. The third kappa shape index (κ3) is 7.08. The van der Waals surface area contributed by atoms with Crippen molar-refractivity contribution in [3.05, 3.63) is 237 Å². The second-order valence-electron chi connectivity index (χ2n) is 19.3. The molecule has 0 amide bonds. The van der Waals surface area contributed by atoms with E-state index in [9.17, 15) is 0 Å². The maximum absolute atomic E-state index is 6.70. The van der Waals surface area contributed by atoms with Gasteiger partial charge in [0.1, 0.15) is 5.58 Å². The lowest BCUT2D eigenvalue weighted by Crippen LogP contribution is -2.37. The first-order chi connectivity index (χ1) is 34.4. The van der Waals surface area contributed by atoms with Crippen molar-refractivity contribution >= 4 is 122 Å². The molecule has 0 radical (unpaired) electrons. The van der Waals surface area contributed by atoms with E-state index in [1.807, 2.05) is 17.4 Å². The van der Waals surface area contributed by atoms with E-state index in [2.05, 4.69) is 260 Å². The zero-order valence-electron chi connectivity index (χ0n) is 39.2. The zero-order chi connectivity index (χ0) is 46.9. The van der Waals surface area contributed by atoms with Gasteiger partial charge in [-0.1, -0.05) is 189 Å². The number of anilines is 6. The Hall–Kier alpha value is -8.22. The molecule has 3 nitrogen and oxygen atoms in total. The molecule has 0 unspecified atom stereocenters. The van der Waals surface area contributed by atoms with Crippen molar-refractivity contribution in [3.63, 3.8) is 0 Å². The highest BCUT2D eigenvalue weighted by Crippen LogP contribution is 2.48. The van der Waals surface area contributed by atoms with Crippen molar-refractivity contribution in [3.8, 4) is 22.3 Å². The summed E-state index contributed by atoms with van der Waals surface area (Å²) >= 11 is 1.90. The van der Waals surface area contributed by atoms with Gasteiger partial charge in [0, 0.05) is 64.6 Å². The summed E-state index contributed by atoms with van der Waals surface area (Å²) in [7, 11) is -1.45. The minimum absolute atomic E-state index is 0.862. The molecule has 0 bridgehead atoms. The van der Waals surface area contributed by atoms with E-state index in [4.69, 9.17) is 4.42 Å². The second kappa shape index (κ2) is 16.8. The lowest BCUT2D eigenvalue weighted by atomic mass is 9.94. The fourth-order valence-corrected chi connectivity index (χ4v) is 13.0. The average molecular weight is 933 g/mol. The van der Waals surface area contributed by atoms with Gasteiger partial charge in [0.05, 0.1) is 19.4 Å². The quantitative estimate of drug-likeness (QED) is 0.106. The minimum atomic E-state index is -1.45. The molecule has 70 heavy (non-hydrogen) atoms. The molecule has 0 aliphatic rings. The molecule has 0 fully saturated rings. The van der Waals surface area contributed by atoms with E-state index in [1.165, 1.54) is 58.2 Å². The Morgan fingerprint density at radius 3 is 1.74 bits per heavy atom. The molecule has 13 aromatic rings. The van der Waals surface area contributed by atoms with Crippen LogP contribution in [0.15, 0.2) is 241 Å². The van der Waals surface area contributed by atoms with E-state index < -0.39 is 8.07 Å². The summed E-state index contributed by atoms with van der Waals surface area (Å²) in [4.78, 5) is 4.75. The summed E-state index contributed by atoms with van der Waals surface area (Å²) in [6.07, 6.45) is 0. The van der Waals surface area contributed by atoms with Crippen LogP contribution in [0.25, 0.3) is 85.9 Å². The van der Waals surface area contributed by atoms with Crippen LogP contribution in [0.2, 0.25) is 19.6 Å². The van der Waals surface area contributed by atoms with E-state index >= 15 is 0 Å². The highest BCUT2D eigenvalue weighted by molar-refractivity contribution is 7.27. The Bertz CT molecular complexity index is 4100. The number of rotatable bonds is 9. The molecule has 0 spiro atoms. The molecule has 0 aliphatic heterocycles. The van der Waals surface area contributed by atoms with Crippen LogP contribution in [0.1, 0.15) is 0 Å². The molecule has 0 N–H and O–H groups in total. The van der Waals surface area contributed by atoms with Gasteiger partial charge in [-0.15, -0.1) is 11.3 Å². The van der Waals surface area contributed by atoms with Crippen LogP contribution in [-0.4, -0.2) is 8.07 Å². The maximum Gasteiger partial charge on any atom is 0.159 e. The number of thiophene rings is 1. The summed E-state index contributed by atoms with van der Waals surface area (Å²) in [6, 6.07) is 86.3. The number of benzene rings is 11. The first-order valence-corrected chi connectivity index (χ1v) is 28.4. The van der Waals surface area contributed by atoms with E-state index in [0.717, 1.165) is 67.1 Å². The number of para-hydroxylation sites is 4. The molecule has 0 atom stereocenters. The molecule has 0 saturated heterocycles. The van der Waals surface area contributed by atoms with Crippen LogP contribution < -0.4 is 15.0 Å². The molecule has 2 heterocycles. The van der Waals surface area contributed by atoms with Crippen molar-refractivity contribution in [2.24, 2.45) is 0 Å². The van der Waals surface area contributed by atoms with Crippen LogP contribution in [0, 0.1) is 0 Å². The van der Waals surface area contributed by atoms with Gasteiger partial charge in [0.25, 0.3) is 0 Å². The summed E-state index contributed by atoms with van der Waals surface area (Å²) in [5.74, 6) is 0. The summed E-state index contributed by atoms with van der Waals surface area (Å²) < 4.78 is 9.29. The fraction of sp³-hybridized carbons (Fsp3) is 0.0462. The van der Waals surface area contributed by atoms with E-state index in [0.29, 0.717) is 0 Å². The standard InChI is InChI=1S/C65H48N2OSSi/c1-70(2,3)50-37-34-47(35-38-50)66(46-19-8-5-9-20-46)49-36-40-57-62(42-49)69-65-56-39-31-45(41-58(56)52-22-10-11-24-54(52)63(57)65)43-29-32-48(33-30-43)67(59-26-14-12-21-51(59)44-17-6-4-7-18-44)60-27-16-25-55-53-23-13-15-28-61(53)68-64(55)60/h4-42H,1-3H3. The van der Waals surface area contributed by atoms with Gasteiger partial charge in [-0.25, -0.2) is 0 Å². The number of hydrogen-bond donors (Lipinski definition) is 0. The van der Waals surface area contributed by atoms with E-state index in [1.54, 1.807) is 0 Å². The Kier molecular flexibility index (Phi) is 10.0. The molecular weight excluding hydrogens is 885 g/mol.